The lowest BCUT2D eigenvalue weighted by molar-refractivity contribution is 1.09. The van der Waals surface area contributed by atoms with Gasteiger partial charge in [-0.1, -0.05) is 11.6 Å². The summed E-state index contributed by atoms with van der Waals surface area (Å²) in [5.41, 5.74) is 2.15. The first-order valence-corrected chi connectivity index (χ1v) is 4.82. The van der Waals surface area contributed by atoms with Crippen LogP contribution in [0.1, 0.15) is 11.4 Å². The first-order chi connectivity index (χ1) is 5.68. The standard InChI is InChI=1S/C8H7ClN2S/c1-4-3-12-7-6(4)10-5(2)11-8(7)9/h3H,1-2H3. The van der Waals surface area contributed by atoms with Crippen LogP contribution in [0.3, 0.4) is 0 Å². The third kappa shape index (κ3) is 1.09. The number of hydrogen-bond acceptors (Lipinski definition) is 3. The summed E-state index contributed by atoms with van der Waals surface area (Å²) in [6, 6.07) is 0. The molecule has 2 aromatic heterocycles. The van der Waals surface area contributed by atoms with E-state index in [1.54, 1.807) is 11.3 Å². The first-order valence-electron chi connectivity index (χ1n) is 3.56. The van der Waals surface area contributed by atoms with Gasteiger partial charge < -0.3 is 0 Å². The van der Waals surface area contributed by atoms with Gasteiger partial charge in [-0.25, -0.2) is 9.97 Å². The van der Waals surface area contributed by atoms with E-state index >= 15 is 0 Å². The zero-order chi connectivity index (χ0) is 8.72. The van der Waals surface area contributed by atoms with Gasteiger partial charge in [0.25, 0.3) is 0 Å². The predicted octanol–water partition coefficient (Wildman–Crippen LogP) is 2.96. The summed E-state index contributed by atoms with van der Waals surface area (Å²) < 4.78 is 0.986. The van der Waals surface area contributed by atoms with Crippen molar-refractivity contribution in [3.05, 3.63) is 21.9 Å². The van der Waals surface area contributed by atoms with Crippen LogP contribution in [0.25, 0.3) is 10.2 Å². The highest BCUT2D eigenvalue weighted by atomic mass is 35.5. The summed E-state index contributed by atoms with van der Waals surface area (Å²) in [7, 11) is 0. The number of hydrogen-bond donors (Lipinski definition) is 0. The molecule has 0 radical (unpaired) electrons. The molecular formula is C8H7ClN2S. The lowest BCUT2D eigenvalue weighted by Crippen LogP contribution is -1.87. The average Bonchev–Trinajstić information content (AvgIpc) is 2.33. The smallest absolute Gasteiger partial charge is 0.150 e. The van der Waals surface area contributed by atoms with Gasteiger partial charge in [-0.3, -0.25) is 0 Å². The van der Waals surface area contributed by atoms with E-state index in [9.17, 15) is 0 Å². The van der Waals surface area contributed by atoms with Crippen LogP contribution in [-0.2, 0) is 0 Å². The number of rotatable bonds is 0. The van der Waals surface area contributed by atoms with Crippen molar-refractivity contribution in [3.63, 3.8) is 0 Å². The third-order valence-electron chi connectivity index (χ3n) is 1.66. The van der Waals surface area contributed by atoms with Gasteiger partial charge in [-0.05, 0) is 24.8 Å². The summed E-state index contributed by atoms with van der Waals surface area (Å²) in [5.74, 6) is 0.731. The fourth-order valence-corrected chi connectivity index (χ4v) is 2.32. The molecule has 62 valence electrons. The highest BCUT2D eigenvalue weighted by molar-refractivity contribution is 7.18. The number of fused-ring (bicyclic) bond motifs is 1. The minimum Gasteiger partial charge on any atom is -0.232 e. The molecule has 0 saturated carbocycles. The lowest BCUT2D eigenvalue weighted by Gasteiger charge is -1.95. The van der Waals surface area contributed by atoms with Gasteiger partial charge in [0, 0.05) is 0 Å². The number of thiophene rings is 1. The van der Waals surface area contributed by atoms with Gasteiger partial charge in [-0.2, -0.15) is 0 Å². The quantitative estimate of drug-likeness (QED) is 0.609. The van der Waals surface area contributed by atoms with Crippen molar-refractivity contribution in [2.75, 3.05) is 0 Å². The Hall–Kier alpha value is -0.670. The molecule has 0 saturated heterocycles. The minimum absolute atomic E-state index is 0.565. The Balaban J connectivity index is 2.92. The number of aryl methyl sites for hydroxylation is 2. The maximum atomic E-state index is 5.93. The molecule has 4 heteroatoms. The van der Waals surface area contributed by atoms with Crippen molar-refractivity contribution in [2.24, 2.45) is 0 Å². The van der Waals surface area contributed by atoms with Crippen LogP contribution >= 0.6 is 22.9 Å². The van der Waals surface area contributed by atoms with Crippen LogP contribution in [-0.4, -0.2) is 9.97 Å². The van der Waals surface area contributed by atoms with Crippen LogP contribution < -0.4 is 0 Å². The van der Waals surface area contributed by atoms with Crippen molar-refractivity contribution in [2.45, 2.75) is 13.8 Å². The van der Waals surface area contributed by atoms with E-state index in [0.717, 1.165) is 16.0 Å². The maximum Gasteiger partial charge on any atom is 0.150 e. The van der Waals surface area contributed by atoms with Gasteiger partial charge in [0.05, 0.1) is 10.2 Å². The molecule has 2 nitrogen and oxygen atoms in total. The van der Waals surface area contributed by atoms with Gasteiger partial charge in [0.2, 0.25) is 0 Å². The Kier molecular flexibility index (Phi) is 1.77. The second-order valence-electron chi connectivity index (χ2n) is 2.66. The highest BCUT2D eigenvalue weighted by Gasteiger charge is 2.07. The van der Waals surface area contributed by atoms with Gasteiger partial charge in [-0.15, -0.1) is 11.3 Å². The van der Waals surface area contributed by atoms with E-state index in [2.05, 4.69) is 9.97 Å². The van der Waals surface area contributed by atoms with Crippen molar-refractivity contribution < 1.29 is 0 Å². The largest absolute Gasteiger partial charge is 0.232 e. The SMILES string of the molecule is Cc1nc(Cl)c2scc(C)c2n1. The van der Waals surface area contributed by atoms with Gasteiger partial charge in [0.15, 0.2) is 5.15 Å². The molecule has 0 bridgehead atoms. The zero-order valence-corrected chi connectivity index (χ0v) is 8.33. The zero-order valence-electron chi connectivity index (χ0n) is 6.76. The molecule has 2 heterocycles. The molecule has 0 fully saturated rings. The Morgan fingerprint density at radius 1 is 1.33 bits per heavy atom. The third-order valence-corrected chi connectivity index (χ3v) is 3.14. The molecule has 0 aliphatic heterocycles. The molecule has 2 aromatic rings. The molecule has 0 unspecified atom stereocenters. The van der Waals surface area contributed by atoms with Crippen LogP contribution in [0.5, 0.6) is 0 Å². The molecule has 12 heavy (non-hydrogen) atoms. The summed E-state index contributed by atoms with van der Waals surface area (Å²) in [6.45, 7) is 3.88. The number of halogens is 1. The van der Waals surface area contributed by atoms with Crippen molar-refractivity contribution in [1.29, 1.82) is 0 Å². The molecular weight excluding hydrogens is 192 g/mol. The van der Waals surface area contributed by atoms with Crippen molar-refractivity contribution in [3.8, 4) is 0 Å². The Labute approximate surface area is 79.2 Å². The van der Waals surface area contributed by atoms with E-state index < -0.39 is 0 Å². The van der Waals surface area contributed by atoms with Gasteiger partial charge >= 0.3 is 0 Å². The number of nitrogens with zero attached hydrogens (tertiary/aromatic N) is 2. The molecule has 0 aliphatic carbocycles. The second kappa shape index (κ2) is 2.68. The fraction of sp³-hybridized carbons (Fsp3) is 0.250. The van der Waals surface area contributed by atoms with Crippen LogP contribution in [0.2, 0.25) is 5.15 Å². The predicted molar refractivity (Wildman–Crippen MR) is 51.9 cm³/mol. The molecule has 0 N–H and O–H groups in total. The van der Waals surface area contributed by atoms with E-state index in [4.69, 9.17) is 11.6 Å². The summed E-state index contributed by atoms with van der Waals surface area (Å²) >= 11 is 7.53. The molecule has 0 amide bonds. The van der Waals surface area contributed by atoms with Gasteiger partial charge in [0.1, 0.15) is 5.82 Å². The minimum atomic E-state index is 0.565. The summed E-state index contributed by atoms with van der Waals surface area (Å²) in [6.07, 6.45) is 0. The topological polar surface area (TPSA) is 25.8 Å². The molecule has 0 aliphatic rings. The van der Waals surface area contributed by atoms with Crippen LogP contribution in [0, 0.1) is 13.8 Å². The molecule has 2 rings (SSSR count). The molecule has 0 spiro atoms. The van der Waals surface area contributed by atoms with Crippen LogP contribution in [0.15, 0.2) is 5.38 Å². The lowest BCUT2D eigenvalue weighted by atomic mass is 10.3. The molecule has 0 aromatic carbocycles. The first kappa shape index (κ1) is 7.95. The summed E-state index contributed by atoms with van der Waals surface area (Å²) in [4.78, 5) is 8.39. The highest BCUT2D eigenvalue weighted by Crippen LogP contribution is 2.28. The molecule has 0 atom stereocenters. The van der Waals surface area contributed by atoms with Crippen LogP contribution in [0.4, 0.5) is 0 Å². The van der Waals surface area contributed by atoms with Crippen molar-refractivity contribution in [1.82, 2.24) is 9.97 Å². The number of aromatic nitrogens is 2. The normalized spacial score (nSPS) is 10.9. The second-order valence-corrected chi connectivity index (χ2v) is 3.90. The fourth-order valence-electron chi connectivity index (χ4n) is 1.10. The Morgan fingerprint density at radius 2 is 2.08 bits per heavy atom. The van der Waals surface area contributed by atoms with E-state index in [1.165, 1.54) is 5.56 Å². The summed E-state index contributed by atoms with van der Waals surface area (Å²) in [5, 5.41) is 2.61. The maximum absolute atomic E-state index is 5.93. The average molecular weight is 199 g/mol. The van der Waals surface area contributed by atoms with E-state index in [1.807, 2.05) is 19.2 Å². The Bertz CT molecular complexity index is 436. The van der Waals surface area contributed by atoms with E-state index in [0.29, 0.717) is 5.15 Å². The monoisotopic (exact) mass is 198 g/mol. The van der Waals surface area contributed by atoms with E-state index in [-0.39, 0.29) is 0 Å². The van der Waals surface area contributed by atoms with Crippen molar-refractivity contribution >= 4 is 33.2 Å². The Morgan fingerprint density at radius 3 is 2.83 bits per heavy atom.